The zero-order chi connectivity index (χ0) is 23.4. The van der Waals surface area contributed by atoms with Gasteiger partial charge in [-0.3, -0.25) is 9.67 Å². The van der Waals surface area contributed by atoms with Crippen molar-refractivity contribution in [1.82, 2.24) is 19.3 Å². The van der Waals surface area contributed by atoms with Crippen LogP contribution in [0.4, 0.5) is 0 Å². The highest BCUT2D eigenvalue weighted by molar-refractivity contribution is 7.71. The summed E-state index contributed by atoms with van der Waals surface area (Å²) in [5, 5.41) is 27.3. The van der Waals surface area contributed by atoms with Crippen molar-refractivity contribution in [2.24, 2.45) is 0 Å². The number of fused-ring (bicyclic) bond motifs is 1. The third kappa shape index (κ3) is 4.56. The molecule has 3 aromatic rings. The summed E-state index contributed by atoms with van der Waals surface area (Å²) in [7, 11) is 1.67. The lowest BCUT2D eigenvalue weighted by atomic mass is 10.1. The lowest BCUT2D eigenvalue weighted by Gasteiger charge is -2.15. The highest BCUT2D eigenvalue weighted by atomic mass is 32.1. The molecule has 3 rings (SSSR count). The molecule has 170 valence electrons. The minimum Gasteiger partial charge on any atom is -0.516 e. The van der Waals surface area contributed by atoms with Crippen LogP contribution in [0.3, 0.4) is 0 Å². The molecule has 8 heteroatoms. The summed E-state index contributed by atoms with van der Waals surface area (Å²) in [5.41, 5.74) is 3.72. The smallest absolute Gasteiger partial charge is 0.200 e. The van der Waals surface area contributed by atoms with Crippen LogP contribution in [0.15, 0.2) is 54.5 Å². The molecule has 1 aromatic carbocycles. The number of hydrogen-bond acceptors (Lipinski definition) is 5. The number of allylic oxidation sites excluding steroid dienone is 3. The van der Waals surface area contributed by atoms with E-state index in [1.807, 2.05) is 36.6 Å². The van der Waals surface area contributed by atoms with E-state index in [-0.39, 0.29) is 6.04 Å². The average Bonchev–Trinajstić information content (AvgIpc) is 3.37. The highest BCUT2D eigenvalue weighted by Crippen LogP contribution is 2.34. The minimum absolute atomic E-state index is 0.270. The molecule has 0 aliphatic heterocycles. The summed E-state index contributed by atoms with van der Waals surface area (Å²) in [6.07, 6.45) is 7.71. The first-order valence-corrected chi connectivity index (χ1v) is 11.0. The molecule has 1 unspecified atom stereocenters. The van der Waals surface area contributed by atoms with E-state index >= 15 is 0 Å². The zero-order valence-corrected chi connectivity index (χ0v) is 19.8. The molecular weight excluding hydrogens is 424 g/mol. The highest BCUT2D eigenvalue weighted by Gasteiger charge is 2.18. The number of aromatic nitrogens is 4. The molecule has 7 nitrogen and oxygen atoms in total. The maximum atomic E-state index is 9.98. The molecule has 0 spiro atoms. The molecular formula is C24H30N4O3S. The second kappa shape index (κ2) is 10.0. The van der Waals surface area contributed by atoms with E-state index < -0.39 is 6.10 Å². The summed E-state index contributed by atoms with van der Waals surface area (Å²) in [4.78, 5) is 0. The van der Waals surface area contributed by atoms with Gasteiger partial charge >= 0.3 is 0 Å². The Kier molecular flexibility index (Phi) is 7.37. The van der Waals surface area contributed by atoms with Crippen LogP contribution in [0, 0.1) is 4.77 Å². The number of benzene rings is 1. The lowest BCUT2D eigenvalue weighted by molar-refractivity contribution is 0.266. The summed E-state index contributed by atoms with van der Waals surface area (Å²) < 4.78 is 10.2. The van der Waals surface area contributed by atoms with Gasteiger partial charge in [-0.1, -0.05) is 13.0 Å². The summed E-state index contributed by atoms with van der Waals surface area (Å²) in [6.45, 7) is 8.22. The van der Waals surface area contributed by atoms with Crippen molar-refractivity contribution >= 4 is 28.7 Å². The zero-order valence-electron chi connectivity index (χ0n) is 19.0. The quantitative estimate of drug-likeness (QED) is 0.233. The number of hydrogen-bond donors (Lipinski definition) is 3. The molecule has 1 atom stereocenters. The van der Waals surface area contributed by atoms with Crippen LogP contribution in [0.2, 0.25) is 0 Å². The second-order valence-electron chi connectivity index (χ2n) is 7.81. The number of H-pyrrole nitrogens is 1. The van der Waals surface area contributed by atoms with Gasteiger partial charge in [0.15, 0.2) is 10.6 Å². The van der Waals surface area contributed by atoms with Gasteiger partial charge in [0.25, 0.3) is 0 Å². The van der Waals surface area contributed by atoms with Crippen LogP contribution in [-0.2, 0) is 0 Å². The number of aliphatic hydroxyl groups is 2. The summed E-state index contributed by atoms with van der Waals surface area (Å²) >= 11 is 5.59. The van der Waals surface area contributed by atoms with Gasteiger partial charge in [-0.15, -0.1) is 0 Å². The first-order chi connectivity index (χ1) is 15.3. The molecule has 0 fully saturated rings. The van der Waals surface area contributed by atoms with Crippen molar-refractivity contribution in [2.75, 3.05) is 7.11 Å². The number of nitrogens with one attached hydrogen (secondary N) is 1. The van der Waals surface area contributed by atoms with Gasteiger partial charge < -0.3 is 19.5 Å². The Morgan fingerprint density at radius 3 is 2.69 bits per heavy atom. The maximum Gasteiger partial charge on any atom is 0.200 e. The van der Waals surface area contributed by atoms with Gasteiger partial charge in [-0.25, -0.2) is 0 Å². The Bertz CT molecular complexity index is 1240. The number of aliphatic hydroxyl groups excluding tert-OH is 2. The van der Waals surface area contributed by atoms with Crippen LogP contribution in [0.25, 0.3) is 22.2 Å². The number of rotatable bonds is 8. The van der Waals surface area contributed by atoms with Crippen molar-refractivity contribution in [1.29, 1.82) is 0 Å². The average molecular weight is 455 g/mol. The van der Waals surface area contributed by atoms with Crippen LogP contribution in [0.5, 0.6) is 5.75 Å². The van der Waals surface area contributed by atoms with E-state index in [0.717, 1.165) is 39.7 Å². The summed E-state index contributed by atoms with van der Waals surface area (Å²) in [6, 6.07) is 6.27. The molecule has 32 heavy (non-hydrogen) atoms. The van der Waals surface area contributed by atoms with E-state index in [1.165, 1.54) is 6.08 Å². The van der Waals surface area contributed by atoms with E-state index in [4.69, 9.17) is 22.1 Å². The SMILES string of the molecule is CCC(=CC(O)/C=C/O)/C=C(\C)c1n[nH]c(=S)n1-c1ccc(OC)c2c1ccn2C(C)C. The second-order valence-corrected chi connectivity index (χ2v) is 8.20. The van der Waals surface area contributed by atoms with E-state index in [0.29, 0.717) is 17.0 Å². The Morgan fingerprint density at radius 1 is 1.31 bits per heavy atom. The minimum atomic E-state index is -0.864. The molecule has 3 N–H and O–H groups in total. The predicted octanol–water partition coefficient (Wildman–Crippen LogP) is 5.65. The van der Waals surface area contributed by atoms with Gasteiger partial charge in [-0.05, 0) is 80.9 Å². The Hall–Kier alpha value is -3.10. The number of methoxy groups -OCH3 is 1. The van der Waals surface area contributed by atoms with Gasteiger partial charge in [0.1, 0.15) is 5.75 Å². The lowest BCUT2D eigenvalue weighted by Crippen LogP contribution is -2.04. The molecule has 0 aliphatic rings. The number of nitrogens with zero attached hydrogens (tertiary/aromatic N) is 3. The maximum absolute atomic E-state index is 9.98. The van der Waals surface area contributed by atoms with E-state index in [1.54, 1.807) is 13.2 Å². The van der Waals surface area contributed by atoms with Crippen molar-refractivity contribution in [3.05, 3.63) is 65.1 Å². The van der Waals surface area contributed by atoms with Crippen LogP contribution >= 0.6 is 12.2 Å². The molecule has 0 aliphatic carbocycles. The third-order valence-corrected chi connectivity index (χ3v) is 5.61. The third-order valence-electron chi connectivity index (χ3n) is 5.34. The van der Waals surface area contributed by atoms with Gasteiger partial charge in [0, 0.05) is 17.6 Å². The fourth-order valence-corrected chi connectivity index (χ4v) is 4.02. The van der Waals surface area contributed by atoms with Crippen molar-refractivity contribution < 1.29 is 14.9 Å². The van der Waals surface area contributed by atoms with Crippen molar-refractivity contribution in [2.45, 2.75) is 46.3 Å². The topological polar surface area (TPSA) is 88.2 Å². The predicted molar refractivity (Wildman–Crippen MR) is 131 cm³/mol. The number of ether oxygens (including phenoxy) is 1. The number of aromatic amines is 1. The van der Waals surface area contributed by atoms with Gasteiger partial charge in [-0.2, -0.15) is 5.10 Å². The first kappa shape index (κ1) is 23.6. The standard InChI is InChI=1S/C24H30N4O3S/c1-6-17(14-18(30)10-12-29)13-16(4)23-25-26-24(32)28(23)20-7-8-21(31-5)22-19(20)9-11-27(22)15(2)3/h7-15,18,29-30H,6H2,1-5H3,(H,26,32)/b12-10+,16-13+,17-14?. The normalized spacial score (nSPS) is 14.1. The van der Waals surface area contributed by atoms with Crippen LogP contribution < -0.4 is 4.74 Å². The first-order valence-electron chi connectivity index (χ1n) is 10.6. The molecule has 0 radical (unpaired) electrons. The van der Waals surface area contributed by atoms with Crippen LogP contribution in [0.1, 0.15) is 46.0 Å². The van der Waals surface area contributed by atoms with Crippen molar-refractivity contribution in [3.8, 4) is 11.4 Å². The largest absolute Gasteiger partial charge is 0.516 e. The van der Waals surface area contributed by atoms with Gasteiger partial charge in [0.2, 0.25) is 0 Å². The summed E-state index contributed by atoms with van der Waals surface area (Å²) in [5.74, 6) is 1.48. The van der Waals surface area contributed by atoms with E-state index in [9.17, 15) is 5.11 Å². The Balaban J connectivity index is 2.18. The fraction of sp³-hybridized carbons (Fsp3) is 0.333. The van der Waals surface area contributed by atoms with Crippen LogP contribution in [-0.4, -0.2) is 42.8 Å². The monoisotopic (exact) mass is 454 g/mol. The molecule has 2 aromatic heterocycles. The van der Waals surface area contributed by atoms with Crippen molar-refractivity contribution in [3.63, 3.8) is 0 Å². The molecule has 0 saturated carbocycles. The Labute approximate surface area is 193 Å². The molecule has 0 amide bonds. The molecule has 0 saturated heterocycles. The van der Waals surface area contributed by atoms with E-state index in [2.05, 4.69) is 40.9 Å². The Morgan fingerprint density at radius 2 is 2.06 bits per heavy atom. The molecule has 0 bridgehead atoms. The fourth-order valence-electron chi connectivity index (χ4n) is 3.79. The van der Waals surface area contributed by atoms with Gasteiger partial charge in [0.05, 0.1) is 30.7 Å². The molecule has 2 heterocycles.